The molecule has 0 spiro atoms. The van der Waals surface area contributed by atoms with Gasteiger partial charge in [-0.25, -0.2) is 4.99 Å². The van der Waals surface area contributed by atoms with Gasteiger partial charge in [-0.1, -0.05) is 12.5 Å². The van der Waals surface area contributed by atoms with Crippen LogP contribution in [0.3, 0.4) is 0 Å². The van der Waals surface area contributed by atoms with Gasteiger partial charge >= 0.3 is 0 Å². The number of aromatic amines is 1. The Labute approximate surface area is 212 Å². The minimum Gasteiger partial charge on any atom is -0.361 e. The monoisotopic (exact) mass is 485 g/mol. The van der Waals surface area contributed by atoms with Crippen LogP contribution in [0.2, 0.25) is 0 Å². The van der Waals surface area contributed by atoms with E-state index < -0.39 is 5.66 Å². The highest BCUT2D eigenvalue weighted by Crippen LogP contribution is 2.36. The number of carbonyl (C=O) groups excluding carboxylic acids is 1. The lowest BCUT2D eigenvalue weighted by atomic mass is 10.0. The second kappa shape index (κ2) is 9.50. The highest BCUT2D eigenvalue weighted by atomic mass is 16.2. The smallest absolute Gasteiger partial charge is 0.224 e. The Kier molecular flexibility index (Phi) is 6.05. The lowest BCUT2D eigenvalue weighted by Crippen LogP contribution is -2.43. The van der Waals surface area contributed by atoms with E-state index in [1.54, 1.807) is 6.34 Å². The van der Waals surface area contributed by atoms with E-state index in [-0.39, 0.29) is 5.91 Å². The van der Waals surface area contributed by atoms with Crippen molar-refractivity contribution >= 4 is 28.8 Å². The molecule has 8 heteroatoms. The van der Waals surface area contributed by atoms with E-state index in [2.05, 4.69) is 69.2 Å². The number of aromatic nitrogens is 1. The number of nitrogens with zero attached hydrogens (tertiary/aromatic N) is 3. The Morgan fingerprint density at radius 1 is 1.17 bits per heavy atom. The summed E-state index contributed by atoms with van der Waals surface area (Å²) >= 11 is 0. The molecule has 188 valence electrons. The van der Waals surface area contributed by atoms with Crippen molar-refractivity contribution in [2.45, 2.75) is 44.7 Å². The Morgan fingerprint density at radius 2 is 2.06 bits per heavy atom. The van der Waals surface area contributed by atoms with Crippen LogP contribution in [0.25, 0.3) is 10.9 Å². The number of benzene rings is 1. The van der Waals surface area contributed by atoms with E-state index in [0.29, 0.717) is 13.0 Å². The predicted octanol–water partition coefficient (Wildman–Crippen LogP) is 3.66. The van der Waals surface area contributed by atoms with Gasteiger partial charge in [0.2, 0.25) is 5.91 Å². The molecule has 1 aromatic heterocycles. The predicted molar refractivity (Wildman–Crippen MR) is 144 cm³/mol. The molecule has 2 aromatic rings. The highest BCUT2D eigenvalue weighted by molar-refractivity contribution is 5.83. The summed E-state index contributed by atoms with van der Waals surface area (Å²) in [6.45, 7) is 6.71. The number of carbonyl (C=O) groups is 1. The Morgan fingerprint density at radius 3 is 2.89 bits per heavy atom. The van der Waals surface area contributed by atoms with Crippen LogP contribution in [0.5, 0.6) is 0 Å². The van der Waals surface area contributed by atoms with Gasteiger partial charge in [-0.3, -0.25) is 4.79 Å². The molecule has 6 rings (SSSR count). The lowest BCUT2D eigenvalue weighted by Gasteiger charge is -2.31. The zero-order valence-corrected chi connectivity index (χ0v) is 20.9. The third kappa shape index (κ3) is 4.53. The third-order valence-electron chi connectivity index (χ3n) is 7.81. The maximum Gasteiger partial charge on any atom is 0.224 e. The summed E-state index contributed by atoms with van der Waals surface area (Å²) < 4.78 is 0. The number of rotatable bonds is 6. The summed E-state index contributed by atoms with van der Waals surface area (Å²) in [6, 6.07) is 8.37. The molecule has 1 amide bonds. The first kappa shape index (κ1) is 22.9. The zero-order chi connectivity index (χ0) is 24.5. The molecule has 1 saturated heterocycles. The van der Waals surface area contributed by atoms with Crippen molar-refractivity contribution in [3.8, 4) is 0 Å². The summed E-state index contributed by atoms with van der Waals surface area (Å²) in [6.07, 6.45) is 13.4. The zero-order valence-electron chi connectivity index (χ0n) is 20.9. The molecule has 0 bridgehead atoms. The van der Waals surface area contributed by atoms with E-state index in [4.69, 9.17) is 4.99 Å². The van der Waals surface area contributed by atoms with Gasteiger partial charge in [-0.15, -0.1) is 0 Å². The number of allylic oxidation sites excluding steroid dienone is 1. The van der Waals surface area contributed by atoms with Crippen molar-refractivity contribution in [2.75, 3.05) is 38.0 Å². The molecule has 1 atom stereocenters. The largest absolute Gasteiger partial charge is 0.361 e. The Hall–Kier alpha value is -3.52. The first-order chi connectivity index (χ1) is 17.6. The van der Waals surface area contributed by atoms with Crippen molar-refractivity contribution in [1.29, 1.82) is 0 Å². The molecular weight excluding hydrogens is 450 g/mol. The molecule has 36 heavy (non-hydrogen) atoms. The number of fused-ring (bicyclic) bond motifs is 2. The molecule has 5 heterocycles. The van der Waals surface area contributed by atoms with Crippen LogP contribution in [0, 0.1) is 0 Å². The van der Waals surface area contributed by atoms with Crippen molar-refractivity contribution in [1.82, 2.24) is 25.4 Å². The Balaban J connectivity index is 1.14. The van der Waals surface area contributed by atoms with Crippen LogP contribution in [0.15, 0.2) is 70.3 Å². The van der Waals surface area contributed by atoms with Gasteiger partial charge in [0, 0.05) is 60.1 Å². The van der Waals surface area contributed by atoms with Crippen LogP contribution in [0.1, 0.15) is 39.0 Å². The van der Waals surface area contributed by atoms with Crippen molar-refractivity contribution < 1.29 is 4.79 Å². The average molecular weight is 486 g/mol. The first-order valence-electron chi connectivity index (χ1n) is 13.2. The van der Waals surface area contributed by atoms with E-state index >= 15 is 0 Å². The summed E-state index contributed by atoms with van der Waals surface area (Å²) in [5.41, 5.74) is 5.04. The number of piperidine rings is 1. The summed E-state index contributed by atoms with van der Waals surface area (Å²) in [5, 5.41) is 11.7. The second-order valence-corrected chi connectivity index (χ2v) is 10.3. The van der Waals surface area contributed by atoms with E-state index in [9.17, 15) is 4.79 Å². The molecular formula is C28H35N7O. The molecule has 1 fully saturated rings. The number of amides is 1. The number of hydrogen-bond donors (Lipinski definition) is 4. The summed E-state index contributed by atoms with van der Waals surface area (Å²) in [4.78, 5) is 25.2. The van der Waals surface area contributed by atoms with Gasteiger partial charge in [-0.2, -0.15) is 0 Å². The average Bonchev–Trinajstić information content (AvgIpc) is 3.52. The van der Waals surface area contributed by atoms with E-state index in [1.807, 2.05) is 11.1 Å². The van der Waals surface area contributed by atoms with Gasteiger partial charge in [-0.05, 0) is 75.2 Å². The fraction of sp³-hybridized carbons (Fsp3) is 0.429. The lowest BCUT2D eigenvalue weighted by molar-refractivity contribution is -0.131. The van der Waals surface area contributed by atoms with Gasteiger partial charge in [0.1, 0.15) is 5.82 Å². The molecule has 0 saturated carbocycles. The highest BCUT2D eigenvalue weighted by Gasteiger charge is 2.38. The fourth-order valence-corrected chi connectivity index (χ4v) is 5.66. The van der Waals surface area contributed by atoms with E-state index in [0.717, 1.165) is 60.9 Å². The fourth-order valence-electron chi connectivity index (χ4n) is 5.66. The van der Waals surface area contributed by atoms with Crippen molar-refractivity contribution in [3.05, 3.63) is 65.3 Å². The second-order valence-electron chi connectivity index (χ2n) is 10.3. The number of hydrogen-bond acceptors (Lipinski definition) is 6. The molecule has 1 unspecified atom stereocenters. The quantitative estimate of drug-likeness (QED) is 0.502. The molecule has 4 N–H and O–H groups in total. The van der Waals surface area contributed by atoms with Crippen LogP contribution < -0.4 is 16.0 Å². The SMILES string of the molecule is CC12N=CNC(Nc3ccc4[nH]ccc4c3)=C1C=C(C1=CCN(C(=O)CCN3CCCCC3)CC1)N2. The van der Waals surface area contributed by atoms with Gasteiger partial charge in [0.25, 0.3) is 0 Å². The third-order valence-corrected chi connectivity index (χ3v) is 7.81. The number of anilines is 1. The first-order valence-corrected chi connectivity index (χ1v) is 13.2. The minimum absolute atomic E-state index is 0.271. The van der Waals surface area contributed by atoms with Gasteiger partial charge < -0.3 is 30.7 Å². The summed E-state index contributed by atoms with van der Waals surface area (Å²) in [7, 11) is 0. The summed E-state index contributed by atoms with van der Waals surface area (Å²) in [5.74, 6) is 1.20. The van der Waals surface area contributed by atoms with Gasteiger partial charge in [0.15, 0.2) is 5.66 Å². The molecule has 8 nitrogen and oxygen atoms in total. The van der Waals surface area contributed by atoms with Crippen LogP contribution in [-0.2, 0) is 4.79 Å². The van der Waals surface area contributed by atoms with Crippen LogP contribution in [0.4, 0.5) is 5.69 Å². The Bertz CT molecular complexity index is 1280. The van der Waals surface area contributed by atoms with Crippen LogP contribution in [-0.4, -0.2) is 65.4 Å². The number of likely N-dealkylation sites (tertiary alicyclic amines) is 1. The number of H-pyrrole nitrogens is 1. The van der Waals surface area contributed by atoms with Crippen molar-refractivity contribution in [3.63, 3.8) is 0 Å². The molecule has 1 aromatic carbocycles. The standard InChI is InChI=1S/C28H35N7O/c1-28-23(27(30-19-31-28)32-22-5-6-24-21(17-22)7-11-29-24)18-25(33-28)20-8-15-35(16-9-20)26(36)10-14-34-12-3-2-4-13-34/h5-8,11,17-19,29,32-33H,2-4,9-10,12-16H2,1H3,(H,30,31). The molecule has 4 aliphatic heterocycles. The normalized spacial score (nSPS) is 24.2. The number of aliphatic imine (C=N–C) groups is 1. The minimum atomic E-state index is -0.524. The number of nitrogens with one attached hydrogen (secondary N) is 4. The molecule has 4 aliphatic rings. The molecule has 0 aliphatic carbocycles. The van der Waals surface area contributed by atoms with E-state index in [1.165, 1.54) is 30.2 Å². The maximum absolute atomic E-state index is 12.8. The topological polar surface area (TPSA) is 87.8 Å². The van der Waals surface area contributed by atoms with Crippen LogP contribution >= 0.6 is 0 Å². The van der Waals surface area contributed by atoms with Gasteiger partial charge in [0.05, 0.1) is 6.34 Å². The maximum atomic E-state index is 12.8. The van der Waals surface area contributed by atoms with Crippen molar-refractivity contribution in [2.24, 2.45) is 4.99 Å². The molecule has 0 radical (unpaired) electrons.